The van der Waals surface area contributed by atoms with E-state index in [0.29, 0.717) is 14.9 Å². The van der Waals surface area contributed by atoms with Crippen molar-refractivity contribution in [3.63, 3.8) is 0 Å². The lowest BCUT2D eigenvalue weighted by Crippen LogP contribution is -2.10. The minimum Gasteiger partial charge on any atom is -0.365 e. The van der Waals surface area contributed by atoms with E-state index in [9.17, 15) is 9.59 Å². The lowest BCUT2D eigenvalue weighted by molar-refractivity contribution is 0.100. The molecule has 5 nitrogen and oxygen atoms in total. The number of rotatable bonds is 4. The lowest BCUT2D eigenvalue weighted by Gasteiger charge is -1.98. The molecule has 0 saturated carbocycles. The summed E-state index contributed by atoms with van der Waals surface area (Å²) in [5, 5.41) is 3.30. The molecule has 0 atom stereocenters. The van der Waals surface area contributed by atoms with E-state index in [0.717, 1.165) is 27.5 Å². The number of thiophene rings is 1. The largest absolute Gasteiger partial charge is 0.365 e. The topological polar surface area (TPSA) is 85.1 Å². The number of carbonyl (C=O) groups excluding carboxylic acids is 2. The molecule has 3 rings (SSSR count). The van der Waals surface area contributed by atoms with E-state index >= 15 is 0 Å². The van der Waals surface area contributed by atoms with Crippen LogP contribution in [0.25, 0.3) is 10.4 Å². The van der Waals surface area contributed by atoms with Gasteiger partial charge in [0.1, 0.15) is 0 Å². The molecule has 0 bridgehead atoms. The van der Waals surface area contributed by atoms with E-state index in [4.69, 9.17) is 5.73 Å². The Kier molecular flexibility index (Phi) is 4.22. The van der Waals surface area contributed by atoms with Crippen molar-refractivity contribution in [2.75, 3.05) is 5.32 Å². The van der Waals surface area contributed by atoms with E-state index in [1.165, 1.54) is 11.3 Å². The molecule has 0 radical (unpaired) electrons. The van der Waals surface area contributed by atoms with Gasteiger partial charge in [-0.1, -0.05) is 41.7 Å². The number of thiazole rings is 1. The summed E-state index contributed by atoms with van der Waals surface area (Å²) in [4.78, 5) is 29.5. The molecule has 116 valence electrons. The fourth-order valence-corrected chi connectivity index (χ4v) is 3.78. The van der Waals surface area contributed by atoms with Gasteiger partial charge in [0.25, 0.3) is 11.8 Å². The Balaban J connectivity index is 1.80. The molecule has 0 unspecified atom stereocenters. The summed E-state index contributed by atoms with van der Waals surface area (Å²) >= 11 is 2.48. The number of aryl methyl sites for hydroxylation is 1. The van der Waals surface area contributed by atoms with Crippen LogP contribution in [0.5, 0.6) is 0 Å². The van der Waals surface area contributed by atoms with Gasteiger partial charge in [0.05, 0.1) is 20.3 Å². The number of amides is 2. The smallest absolute Gasteiger partial charge is 0.267 e. The zero-order chi connectivity index (χ0) is 16.4. The van der Waals surface area contributed by atoms with Gasteiger partial charge in [0.15, 0.2) is 5.13 Å². The van der Waals surface area contributed by atoms with Gasteiger partial charge in [0, 0.05) is 0 Å². The highest BCUT2D eigenvalue weighted by atomic mass is 32.1. The van der Waals surface area contributed by atoms with Gasteiger partial charge in [-0.2, -0.15) is 0 Å². The molecule has 2 aromatic heterocycles. The molecule has 0 aliphatic carbocycles. The first-order chi connectivity index (χ1) is 11.0. The molecule has 2 heterocycles. The van der Waals surface area contributed by atoms with Crippen molar-refractivity contribution in [2.24, 2.45) is 5.73 Å². The van der Waals surface area contributed by atoms with Crippen LogP contribution < -0.4 is 11.1 Å². The van der Waals surface area contributed by atoms with E-state index in [-0.39, 0.29) is 5.91 Å². The average molecular weight is 343 g/mol. The molecule has 7 heteroatoms. The summed E-state index contributed by atoms with van der Waals surface area (Å²) < 4.78 is 0. The van der Waals surface area contributed by atoms with Crippen molar-refractivity contribution >= 4 is 39.6 Å². The molecule has 3 N–H and O–H groups in total. The van der Waals surface area contributed by atoms with Crippen molar-refractivity contribution < 1.29 is 9.59 Å². The number of hydrogen-bond acceptors (Lipinski definition) is 5. The number of primary amides is 1. The maximum absolute atomic E-state index is 12.2. The Morgan fingerprint density at radius 2 is 1.74 bits per heavy atom. The Hall–Kier alpha value is -2.51. The Labute approximate surface area is 140 Å². The van der Waals surface area contributed by atoms with Crippen molar-refractivity contribution in [1.29, 1.82) is 0 Å². The lowest BCUT2D eigenvalue weighted by atomic mass is 10.2. The summed E-state index contributed by atoms with van der Waals surface area (Å²) in [5.41, 5.74) is 7.12. The van der Waals surface area contributed by atoms with Gasteiger partial charge in [0.2, 0.25) is 0 Å². The van der Waals surface area contributed by atoms with Crippen LogP contribution in [-0.4, -0.2) is 16.8 Å². The van der Waals surface area contributed by atoms with Crippen molar-refractivity contribution in [3.05, 3.63) is 57.9 Å². The minimum absolute atomic E-state index is 0.295. The van der Waals surface area contributed by atoms with E-state index in [2.05, 4.69) is 10.3 Å². The number of hydrogen-bond donors (Lipinski definition) is 2. The second-order valence-electron chi connectivity index (χ2n) is 4.78. The van der Waals surface area contributed by atoms with Crippen molar-refractivity contribution in [3.8, 4) is 10.4 Å². The zero-order valence-electron chi connectivity index (χ0n) is 12.2. The van der Waals surface area contributed by atoms with Crippen LogP contribution in [0.3, 0.4) is 0 Å². The third-order valence-electron chi connectivity index (χ3n) is 3.13. The van der Waals surface area contributed by atoms with Gasteiger partial charge in [-0.25, -0.2) is 4.98 Å². The SMILES string of the molecule is Cc1nc(NC(=O)c2ccc(C(N)=O)s2)sc1-c1ccccc1. The van der Waals surface area contributed by atoms with Crippen LogP contribution in [0.15, 0.2) is 42.5 Å². The van der Waals surface area contributed by atoms with Gasteiger partial charge in [-0.3, -0.25) is 14.9 Å². The Bertz CT molecular complexity index is 869. The highest BCUT2D eigenvalue weighted by Gasteiger charge is 2.15. The van der Waals surface area contributed by atoms with Crippen LogP contribution in [0.4, 0.5) is 5.13 Å². The highest BCUT2D eigenvalue weighted by molar-refractivity contribution is 7.19. The molecule has 2 amide bonds. The number of carbonyl (C=O) groups is 2. The number of aromatic nitrogens is 1. The van der Waals surface area contributed by atoms with E-state index < -0.39 is 5.91 Å². The fourth-order valence-electron chi connectivity index (χ4n) is 2.06. The van der Waals surface area contributed by atoms with Gasteiger partial charge in [-0.05, 0) is 24.6 Å². The van der Waals surface area contributed by atoms with Crippen LogP contribution in [0, 0.1) is 6.92 Å². The number of nitrogens with one attached hydrogen (secondary N) is 1. The first-order valence-electron chi connectivity index (χ1n) is 6.78. The predicted molar refractivity (Wildman–Crippen MR) is 93.1 cm³/mol. The molecule has 3 aromatic rings. The van der Waals surface area contributed by atoms with Gasteiger partial charge < -0.3 is 5.73 Å². The molecule has 0 aliphatic heterocycles. The second-order valence-corrected chi connectivity index (χ2v) is 6.86. The summed E-state index contributed by atoms with van der Waals surface area (Å²) in [6, 6.07) is 13.0. The molecule has 23 heavy (non-hydrogen) atoms. The summed E-state index contributed by atoms with van der Waals surface area (Å²) in [6.07, 6.45) is 0. The molecule has 1 aromatic carbocycles. The van der Waals surface area contributed by atoms with Crippen molar-refractivity contribution in [2.45, 2.75) is 6.92 Å². The number of nitrogens with zero attached hydrogens (tertiary/aromatic N) is 1. The molecule has 0 fully saturated rings. The average Bonchev–Trinajstić information content (AvgIpc) is 3.15. The van der Waals surface area contributed by atoms with Crippen LogP contribution in [0.2, 0.25) is 0 Å². The monoisotopic (exact) mass is 343 g/mol. The number of anilines is 1. The molecular formula is C16H13N3O2S2. The second kappa shape index (κ2) is 6.31. The summed E-state index contributed by atoms with van der Waals surface area (Å²) in [6.45, 7) is 1.91. The first kappa shape index (κ1) is 15.4. The van der Waals surface area contributed by atoms with Crippen LogP contribution >= 0.6 is 22.7 Å². The standard InChI is InChI=1S/C16H13N3O2S2/c1-9-13(10-5-3-2-4-6-10)23-16(18-9)19-15(21)12-8-7-11(22-12)14(17)20/h2-8H,1H3,(H2,17,20)(H,18,19,21). The van der Waals surface area contributed by atoms with E-state index in [1.54, 1.807) is 12.1 Å². The zero-order valence-corrected chi connectivity index (χ0v) is 13.8. The molecular weight excluding hydrogens is 330 g/mol. The number of nitrogens with two attached hydrogens (primary N) is 1. The maximum Gasteiger partial charge on any atom is 0.267 e. The normalized spacial score (nSPS) is 10.5. The highest BCUT2D eigenvalue weighted by Crippen LogP contribution is 2.32. The summed E-state index contributed by atoms with van der Waals surface area (Å²) in [5.74, 6) is -0.832. The Morgan fingerprint density at radius 3 is 2.39 bits per heavy atom. The third kappa shape index (κ3) is 3.30. The van der Waals surface area contributed by atoms with Gasteiger partial charge >= 0.3 is 0 Å². The minimum atomic E-state index is -0.537. The Morgan fingerprint density at radius 1 is 1.04 bits per heavy atom. The van der Waals surface area contributed by atoms with Crippen LogP contribution in [-0.2, 0) is 0 Å². The fraction of sp³-hybridized carbons (Fsp3) is 0.0625. The molecule has 0 spiro atoms. The van der Waals surface area contributed by atoms with Crippen molar-refractivity contribution in [1.82, 2.24) is 4.98 Å². The summed E-state index contributed by atoms with van der Waals surface area (Å²) in [7, 11) is 0. The molecule has 0 aliphatic rings. The van der Waals surface area contributed by atoms with Gasteiger partial charge in [-0.15, -0.1) is 11.3 Å². The molecule has 0 saturated heterocycles. The predicted octanol–water partition coefficient (Wildman–Crippen LogP) is 3.53. The third-order valence-corrected chi connectivity index (χ3v) is 5.35. The van der Waals surface area contributed by atoms with E-state index in [1.807, 2.05) is 37.3 Å². The van der Waals surface area contributed by atoms with Crippen LogP contribution in [0.1, 0.15) is 25.0 Å². The quantitative estimate of drug-likeness (QED) is 0.760. The number of benzene rings is 1. The first-order valence-corrected chi connectivity index (χ1v) is 8.41. The maximum atomic E-state index is 12.2.